The minimum absolute atomic E-state index is 0.0915. The molecule has 0 spiro atoms. The summed E-state index contributed by atoms with van der Waals surface area (Å²) >= 11 is 8.75. The van der Waals surface area contributed by atoms with Crippen LogP contribution in [0.5, 0.6) is 11.5 Å². The standard InChI is InChI=1S/C22H23BrN2O3S/c1-3-4-10-25-21(26)19(24-22(25)29)12-15-8-9-20(27-2)16(11-15)14-28-18-7-5-6-17(23)13-18/h5-9,11-13H,3-4,10,14H2,1-2H3,(H,24,29)/b19-12+. The largest absolute Gasteiger partial charge is 0.496 e. The van der Waals surface area contributed by atoms with Gasteiger partial charge < -0.3 is 14.8 Å². The van der Waals surface area contributed by atoms with Gasteiger partial charge in [-0.2, -0.15) is 0 Å². The van der Waals surface area contributed by atoms with Crippen LogP contribution in [0.25, 0.3) is 6.08 Å². The summed E-state index contributed by atoms with van der Waals surface area (Å²) in [4.78, 5) is 14.2. The SMILES string of the molecule is CCCCN1C(=O)/C(=C\c2ccc(OC)c(COc3cccc(Br)c3)c2)NC1=S. The molecule has 152 valence electrons. The third-order valence-corrected chi connectivity index (χ3v) is 5.32. The van der Waals surface area contributed by atoms with E-state index in [1.807, 2.05) is 48.5 Å². The number of hydrogen-bond acceptors (Lipinski definition) is 4. The summed E-state index contributed by atoms with van der Waals surface area (Å²) in [5.74, 6) is 1.40. The second-order valence-corrected chi connectivity index (χ2v) is 7.92. The number of unbranched alkanes of at least 4 members (excludes halogenated alkanes) is 1. The van der Waals surface area contributed by atoms with Crippen LogP contribution >= 0.6 is 28.1 Å². The van der Waals surface area contributed by atoms with Gasteiger partial charge in [-0.1, -0.05) is 41.4 Å². The smallest absolute Gasteiger partial charge is 0.276 e. The first-order valence-electron chi connectivity index (χ1n) is 9.41. The number of rotatable bonds is 8. The third-order valence-electron chi connectivity index (χ3n) is 4.50. The minimum Gasteiger partial charge on any atom is -0.496 e. The Balaban J connectivity index is 1.78. The lowest BCUT2D eigenvalue weighted by Crippen LogP contribution is -2.31. The monoisotopic (exact) mass is 474 g/mol. The number of nitrogens with zero attached hydrogens (tertiary/aromatic N) is 1. The van der Waals surface area contributed by atoms with E-state index in [0.717, 1.165) is 39.9 Å². The van der Waals surface area contributed by atoms with E-state index in [2.05, 4.69) is 28.2 Å². The summed E-state index contributed by atoms with van der Waals surface area (Å²) in [5.41, 5.74) is 2.24. The minimum atomic E-state index is -0.0915. The number of carbonyl (C=O) groups is 1. The summed E-state index contributed by atoms with van der Waals surface area (Å²) in [6.45, 7) is 3.06. The van der Waals surface area contributed by atoms with Gasteiger partial charge in [0.2, 0.25) is 0 Å². The Morgan fingerprint density at radius 3 is 2.79 bits per heavy atom. The molecule has 0 radical (unpaired) electrons. The Hall–Kier alpha value is -2.38. The average molecular weight is 475 g/mol. The van der Waals surface area contributed by atoms with Crippen molar-refractivity contribution in [2.24, 2.45) is 0 Å². The summed E-state index contributed by atoms with van der Waals surface area (Å²) in [5, 5.41) is 3.48. The predicted molar refractivity (Wildman–Crippen MR) is 122 cm³/mol. The van der Waals surface area contributed by atoms with Crippen LogP contribution in [0.2, 0.25) is 0 Å². The molecule has 1 N–H and O–H groups in total. The number of ether oxygens (including phenoxy) is 2. The van der Waals surface area contributed by atoms with E-state index in [4.69, 9.17) is 21.7 Å². The fraction of sp³-hybridized carbons (Fsp3) is 0.273. The number of carbonyl (C=O) groups excluding carboxylic acids is 1. The van der Waals surface area contributed by atoms with Gasteiger partial charge in [0.15, 0.2) is 5.11 Å². The molecule has 0 atom stereocenters. The molecule has 1 aliphatic rings. The van der Waals surface area contributed by atoms with Crippen LogP contribution in [0.4, 0.5) is 0 Å². The Morgan fingerprint density at radius 2 is 2.07 bits per heavy atom. The van der Waals surface area contributed by atoms with Gasteiger partial charge in [-0.05, 0) is 60.6 Å². The predicted octanol–water partition coefficient (Wildman–Crippen LogP) is 4.89. The first kappa shape index (κ1) is 21.3. The maximum atomic E-state index is 12.6. The normalized spacial score (nSPS) is 15.0. The maximum Gasteiger partial charge on any atom is 0.276 e. The highest BCUT2D eigenvalue weighted by atomic mass is 79.9. The van der Waals surface area contributed by atoms with Crippen molar-refractivity contribution in [3.63, 3.8) is 0 Å². The van der Waals surface area contributed by atoms with Crippen molar-refractivity contribution < 1.29 is 14.3 Å². The molecule has 1 fully saturated rings. The topological polar surface area (TPSA) is 50.8 Å². The molecule has 0 bridgehead atoms. The lowest BCUT2D eigenvalue weighted by Gasteiger charge is -2.12. The van der Waals surface area contributed by atoms with Gasteiger partial charge in [-0.25, -0.2) is 0 Å². The Bertz CT molecular complexity index is 945. The number of amides is 1. The molecule has 0 aromatic heterocycles. The number of methoxy groups -OCH3 is 1. The molecule has 3 rings (SSSR count). The molecular weight excluding hydrogens is 452 g/mol. The van der Waals surface area contributed by atoms with Crippen LogP contribution in [0.1, 0.15) is 30.9 Å². The van der Waals surface area contributed by atoms with Gasteiger partial charge in [-0.3, -0.25) is 9.69 Å². The zero-order valence-corrected chi connectivity index (χ0v) is 18.8. The van der Waals surface area contributed by atoms with Crippen LogP contribution in [0, 0.1) is 0 Å². The summed E-state index contributed by atoms with van der Waals surface area (Å²) in [6, 6.07) is 13.4. The van der Waals surface area contributed by atoms with E-state index in [1.54, 1.807) is 12.0 Å². The number of halogens is 1. The zero-order valence-electron chi connectivity index (χ0n) is 16.4. The second-order valence-electron chi connectivity index (χ2n) is 6.62. The zero-order chi connectivity index (χ0) is 20.8. The maximum absolute atomic E-state index is 12.6. The molecule has 1 heterocycles. The number of thiocarbonyl (C=S) groups is 1. The van der Waals surface area contributed by atoms with Gasteiger partial charge in [-0.15, -0.1) is 0 Å². The lowest BCUT2D eigenvalue weighted by molar-refractivity contribution is -0.122. The van der Waals surface area contributed by atoms with E-state index in [9.17, 15) is 4.79 Å². The quantitative estimate of drug-likeness (QED) is 0.435. The molecule has 1 amide bonds. The van der Waals surface area contributed by atoms with Crippen LogP contribution in [0.15, 0.2) is 52.6 Å². The Morgan fingerprint density at radius 1 is 1.24 bits per heavy atom. The molecule has 0 saturated carbocycles. The highest BCUT2D eigenvalue weighted by molar-refractivity contribution is 9.10. The van der Waals surface area contributed by atoms with Gasteiger partial charge in [0.25, 0.3) is 5.91 Å². The van der Waals surface area contributed by atoms with E-state index in [1.165, 1.54) is 0 Å². The van der Waals surface area contributed by atoms with E-state index >= 15 is 0 Å². The van der Waals surface area contributed by atoms with Crippen molar-refractivity contribution in [1.29, 1.82) is 0 Å². The van der Waals surface area contributed by atoms with Gasteiger partial charge in [0.1, 0.15) is 23.8 Å². The fourth-order valence-corrected chi connectivity index (χ4v) is 3.64. The third kappa shape index (κ3) is 5.36. The molecule has 1 saturated heterocycles. The summed E-state index contributed by atoms with van der Waals surface area (Å²) in [7, 11) is 1.63. The molecular formula is C22H23BrN2O3S. The van der Waals surface area contributed by atoms with E-state index in [-0.39, 0.29) is 5.91 Å². The number of hydrogen-bond donors (Lipinski definition) is 1. The van der Waals surface area contributed by atoms with Crippen molar-refractivity contribution in [3.05, 3.63) is 63.8 Å². The molecule has 5 nitrogen and oxygen atoms in total. The van der Waals surface area contributed by atoms with Gasteiger partial charge >= 0.3 is 0 Å². The van der Waals surface area contributed by atoms with E-state index < -0.39 is 0 Å². The molecule has 7 heteroatoms. The van der Waals surface area contributed by atoms with Crippen molar-refractivity contribution in [2.75, 3.05) is 13.7 Å². The van der Waals surface area contributed by atoms with Crippen LogP contribution in [-0.4, -0.2) is 29.6 Å². The van der Waals surface area contributed by atoms with Crippen LogP contribution in [0.3, 0.4) is 0 Å². The second kappa shape index (κ2) is 9.89. The van der Waals surface area contributed by atoms with Crippen molar-refractivity contribution >= 4 is 45.2 Å². The first-order valence-corrected chi connectivity index (χ1v) is 10.6. The highest BCUT2D eigenvalue weighted by Gasteiger charge is 2.29. The Labute approximate surface area is 184 Å². The number of benzene rings is 2. The van der Waals surface area contributed by atoms with Crippen molar-refractivity contribution in [1.82, 2.24) is 10.2 Å². The average Bonchev–Trinajstić information content (AvgIpc) is 2.97. The molecule has 1 aliphatic heterocycles. The van der Waals surface area contributed by atoms with Crippen molar-refractivity contribution in [3.8, 4) is 11.5 Å². The summed E-state index contributed by atoms with van der Waals surface area (Å²) in [6.07, 6.45) is 3.73. The Kier molecular flexibility index (Phi) is 7.28. The summed E-state index contributed by atoms with van der Waals surface area (Å²) < 4.78 is 12.3. The molecule has 0 aliphatic carbocycles. The first-order chi connectivity index (χ1) is 14.0. The van der Waals surface area contributed by atoms with Gasteiger partial charge in [0, 0.05) is 16.6 Å². The molecule has 2 aromatic carbocycles. The van der Waals surface area contributed by atoms with Crippen molar-refractivity contribution in [2.45, 2.75) is 26.4 Å². The molecule has 29 heavy (non-hydrogen) atoms. The van der Waals surface area contributed by atoms with E-state index in [0.29, 0.717) is 24.0 Å². The van der Waals surface area contributed by atoms with Crippen LogP contribution < -0.4 is 14.8 Å². The fourth-order valence-electron chi connectivity index (χ4n) is 2.98. The molecule has 2 aromatic rings. The van der Waals surface area contributed by atoms with Gasteiger partial charge in [0.05, 0.1) is 7.11 Å². The lowest BCUT2D eigenvalue weighted by atomic mass is 10.1. The molecule has 0 unspecified atom stereocenters. The van der Waals surface area contributed by atoms with Crippen LogP contribution in [-0.2, 0) is 11.4 Å². The number of nitrogens with one attached hydrogen (secondary N) is 1. The highest BCUT2D eigenvalue weighted by Crippen LogP contribution is 2.25.